The molecule has 1 nitrogen and oxygen atoms in total. The Hall–Kier alpha value is -0.550. The standard InChI is InChI=1S/C16H21BrF3N/c1-11(9-12-5-7-14(17)8-6-12)21-15-4-2-3-13(10-15)16(18,19)20/h5-8,11,13,15,21H,2-4,9-10H2,1H3. The van der Waals surface area contributed by atoms with E-state index in [1.54, 1.807) is 0 Å². The first-order valence-corrected chi connectivity index (χ1v) is 8.21. The van der Waals surface area contributed by atoms with E-state index in [-0.39, 0.29) is 24.9 Å². The summed E-state index contributed by atoms with van der Waals surface area (Å²) < 4.78 is 39.4. The molecular formula is C16H21BrF3N. The molecule has 0 spiro atoms. The van der Waals surface area contributed by atoms with Crippen molar-refractivity contribution >= 4 is 15.9 Å². The summed E-state index contributed by atoms with van der Waals surface area (Å²) in [6.07, 6.45) is -1.21. The third-order valence-electron chi connectivity index (χ3n) is 4.11. The van der Waals surface area contributed by atoms with E-state index < -0.39 is 12.1 Å². The summed E-state index contributed by atoms with van der Waals surface area (Å²) in [6, 6.07) is 8.23. The fourth-order valence-corrected chi connectivity index (χ4v) is 3.34. The lowest BCUT2D eigenvalue weighted by atomic mass is 9.85. The molecule has 3 unspecified atom stereocenters. The molecular weight excluding hydrogens is 343 g/mol. The van der Waals surface area contributed by atoms with Crippen molar-refractivity contribution in [2.45, 2.75) is 57.3 Å². The van der Waals surface area contributed by atoms with E-state index in [9.17, 15) is 13.2 Å². The number of alkyl halides is 3. The molecule has 0 heterocycles. The lowest BCUT2D eigenvalue weighted by Gasteiger charge is -2.33. The molecule has 1 aliphatic carbocycles. The number of hydrogen-bond acceptors (Lipinski definition) is 1. The van der Waals surface area contributed by atoms with Crippen molar-refractivity contribution < 1.29 is 13.2 Å². The summed E-state index contributed by atoms with van der Waals surface area (Å²) in [4.78, 5) is 0. The van der Waals surface area contributed by atoms with Crippen molar-refractivity contribution in [1.29, 1.82) is 0 Å². The normalized spacial score (nSPS) is 24.8. The second-order valence-electron chi connectivity index (χ2n) is 6.00. The molecule has 118 valence electrons. The molecule has 1 aromatic carbocycles. The van der Waals surface area contributed by atoms with Crippen LogP contribution in [-0.4, -0.2) is 18.3 Å². The Balaban J connectivity index is 1.84. The largest absolute Gasteiger partial charge is 0.391 e. The van der Waals surface area contributed by atoms with Gasteiger partial charge in [0, 0.05) is 16.6 Å². The van der Waals surface area contributed by atoms with Gasteiger partial charge in [0.2, 0.25) is 0 Å². The van der Waals surface area contributed by atoms with Gasteiger partial charge in [0.25, 0.3) is 0 Å². The SMILES string of the molecule is CC(Cc1ccc(Br)cc1)NC1CCCC(C(F)(F)F)C1. The van der Waals surface area contributed by atoms with Gasteiger partial charge < -0.3 is 5.32 Å². The van der Waals surface area contributed by atoms with Crippen LogP contribution in [0.25, 0.3) is 0 Å². The van der Waals surface area contributed by atoms with E-state index in [4.69, 9.17) is 0 Å². The maximum atomic E-state index is 12.8. The van der Waals surface area contributed by atoms with Gasteiger partial charge in [0.05, 0.1) is 5.92 Å². The van der Waals surface area contributed by atoms with E-state index in [0.29, 0.717) is 6.42 Å². The fourth-order valence-electron chi connectivity index (χ4n) is 3.07. The predicted octanol–water partition coefficient (Wildman–Crippen LogP) is 5.09. The molecule has 1 N–H and O–H groups in total. The molecule has 0 amide bonds. The van der Waals surface area contributed by atoms with Crippen molar-refractivity contribution in [3.05, 3.63) is 34.3 Å². The number of hydrogen-bond donors (Lipinski definition) is 1. The van der Waals surface area contributed by atoms with Crippen molar-refractivity contribution in [2.24, 2.45) is 5.92 Å². The number of benzene rings is 1. The summed E-state index contributed by atoms with van der Waals surface area (Å²) in [5.41, 5.74) is 1.20. The Morgan fingerprint density at radius 3 is 2.52 bits per heavy atom. The summed E-state index contributed by atoms with van der Waals surface area (Å²) in [5, 5.41) is 3.37. The van der Waals surface area contributed by atoms with E-state index in [2.05, 4.69) is 21.2 Å². The quantitative estimate of drug-likeness (QED) is 0.785. The minimum absolute atomic E-state index is 0.0178. The monoisotopic (exact) mass is 363 g/mol. The molecule has 2 rings (SSSR count). The molecule has 3 atom stereocenters. The van der Waals surface area contributed by atoms with Crippen LogP contribution in [0.4, 0.5) is 13.2 Å². The molecule has 0 aliphatic heterocycles. The van der Waals surface area contributed by atoms with Crippen LogP contribution in [0, 0.1) is 5.92 Å². The van der Waals surface area contributed by atoms with Crippen molar-refractivity contribution in [1.82, 2.24) is 5.32 Å². The Morgan fingerprint density at radius 1 is 1.24 bits per heavy atom. The van der Waals surface area contributed by atoms with Crippen LogP contribution in [0.15, 0.2) is 28.7 Å². The average Bonchev–Trinajstić information content (AvgIpc) is 2.41. The van der Waals surface area contributed by atoms with E-state index in [1.807, 2.05) is 31.2 Å². The Morgan fingerprint density at radius 2 is 1.90 bits per heavy atom. The molecule has 1 aromatic rings. The van der Waals surface area contributed by atoms with Gasteiger partial charge in [-0.3, -0.25) is 0 Å². The van der Waals surface area contributed by atoms with E-state index in [0.717, 1.165) is 17.3 Å². The smallest absolute Gasteiger partial charge is 0.311 e. The lowest BCUT2D eigenvalue weighted by Crippen LogP contribution is -2.43. The number of halogens is 4. The van der Waals surface area contributed by atoms with Crippen LogP contribution < -0.4 is 5.32 Å². The maximum Gasteiger partial charge on any atom is 0.391 e. The van der Waals surface area contributed by atoms with Crippen LogP contribution in [0.5, 0.6) is 0 Å². The number of rotatable bonds is 4. The van der Waals surface area contributed by atoms with Gasteiger partial charge in [-0.2, -0.15) is 13.2 Å². The minimum Gasteiger partial charge on any atom is -0.311 e. The highest BCUT2D eigenvalue weighted by Crippen LogP contribution is 2.37. The molecule has 0 bridgehead atoms. The van der Waals surface area contributed by atoms with Crippen LogP contribution in [0.2, 0.25) is 0 Å². The predicted molar refractivity (Wildman–Crippen MR) is 82.2 cm³/mol. The topological polar surface area (TPSA) is 12.0 Å². The Labute approximate surface area is 132 Å². The van der Waals surface area contributed by atoms with Gasteiger partial charge in [-0.25, -0.2) is 0 Å². The van der Waals surface area contributed by atoms with Crippen molar-refractivity contribution in [2.75, 3.05) is 0 Å². The summed E-state index contributed by atoms with van der Waals surface area (Å²) in [7, 11) is 0. The van der Waals surface area contributed by atoms with Crippen LogP contribution in [-0.2, 0) is 6.42 Å². The van der Waals surface area contributed by atoms with Crippen molar-refractivity contribution in [3.8, 4) is 0 Å². The van der Waals surface area contributed by atoms with E-state index in [1.165, 1.54) is 5.56 Å². The highest BCUT2D eigenvalue weighted by atomic mass is 79.9. The first kappa shape index (κ1) is 16.8. The van der Waals surface area contributed by atoms with Gasteiger partial charge in [-0.05, 0) is 50.3 Å². The van der Waals surface area contributed by atoms with Crippen LogP contribution in [0.3, 0.4) is 0 Å². The van der Waals surface area contributed by atoms with Crippen LogP contribution >= 0.6 is 15.9 Å². The second-order valence-corrected chi connectivity index (χ2v) is 6.92. The highest BCUT2D eigenvalue weighted by molar-refractivity contribution is 9.10. The molecule has 0 radical (unpaired) electrons. The maximum absolute atomic E-state index is 12.8. The fraction of sp³-hybridized carbons (Fsp3) is 0.625. The Bertz CT molecular complexity index is 444. The minimum atomic E-state index is -4.05. The molecule has 0 saturated heterocycles. The molecule has 0 aromatic heterocycles. The number of nitrogens with one attached hydrogen (secondary N) is 1. The molecule has 1 aliphatic rings. The summed E-state index contributed by atoms with van der Waals surface area (Å²) in [6.45, 7) is 2.04. The molecule has 5 heteroatoms. The third-order valence-corrected chi connectivity index (χ3v) is 4.64. The first-order chi connectivity index (χ1) is 9.84. The third kappa shape index (κ3) is 5.29. The molecule has 21 heavy (non-hydrogen) atoms. The Kier molecular flexibility index (Phi) is 5.72. The zero-order valence-corrected chi connectivity index (χ0v) is 13.7. The van der Waals surface area contributed by atoms with Gasteiger partial charge >= 0.3 is 6.18 Å². The summed E-state index contributed by atoms with van der Waals surface area (Å²) >= 11 is 3.39. The van der Waals surface area contributed by atoms with Gasteiger partial charge in [-0.15, -0.1) is 0 Å². The second kappa shape index (κ2) is 7.14. The van der Waals surface area contributed by atoms with Gasteiger partial charge in [-0.1, -0.05) is 34.5 Å². The summed E-state index contributed by atoms with van der Waals surface area (Å²) in [5.74, 6) is -1.14. The van der Waals surface area contributed by atoms with Gasteiger partial charge in [0.15, 0.2) is 0 Å². The molecule has 1 fully saturated rings. The van der Waals surface area contributed by atoms with E-state index >= 15 is 0 Å². The zero-order chi connectivity index (χ0) is 15.5. The first-order valence-electron chi connectivity index (χ1n) is 7.42. The van der Waals surface area contributed by atoms with Crippen LogP contribution in [0.1, 0.15) is 38.2 Å². The molecule has 1 saturated carbocycles. The zero-order valence-electron chi connectivity index (χ0n) is 12.1. The van der Waals surface area contributed by atoms with Crippen molar-refractivity contribution in [3.63, 3.8) is 0 Å². The highest BCUT2D eigenvalue weighted by Gasteiger charge is 2.42. The van der Waals surface area contributed by atoms with Gasteiger partial charge in [0.1, 0.15) is 0 Å². The lowest BCUT2D eigenvalue weighted by molar-refractivity contribution is -0.183. The average molecular weight is 364 g/mol.